The number of hydrogen-bond donors (Lipinski definition) is 2. The number of rotatable bonds is 7. The molecule has 10 heteroatoms. The third kappa shape index (κ3) is 3.99. The van der Waals surface area contributed by atoms with Gasteiger partial charge in [-0.1, -0.05) is 50.8 Å². The van der Waals surface area contributed by atoms with Gasteiger partial charge in [0.05, 0.1) is 0 Å². The van der Waals surface area contributed by atoms with Gasteiger partial charge in [0.2, 0.25) is 17.0 Å². The van der Waals surface area contributed by atoms with Crippen molar-refractivity contribution in [2.24, 2.45) is 0 Å². The molecule has 0 spiro atoms. The number of nitrogens with one attached hydrogen (secondary N) is 1. The zero-order valence-corrected chi connectivity index (χ0v) is 15.2. The molecule has 126 valence electrons. The van der Waals surface area contributed by atoms with Crippen LogP contribution in [0.3, 0.4) is 0 Å². The molecule has 0 fully saturated rings. The van der Waals surface area contributed by atoms with Gasteiger partial charge >= 0.3 is 0 Å². The molecule has 3 N–H and O–H groups in total. The van der Waals surface area contributed by atoms with Crippen molar-refractivity contribution in [2.45, 2.75) is 51.2 Å². The van der Waals surface area contributed by atoms with Crippen molar-refractivity contribution < 1.29 is 4.79 Å². The molecule has 0 aliphatic carbocycles. The van der Waals surface area contributed by atoms with Crippen molar-refractivity contribution in [3.8, 4) is 0 Å². The average Bonchev–Trinajstić information content (AvgIpc) is 3.10. The van der Waals surface area contributed by atoms with E-state index in [0.29, 0.717) is 16.7 Å². The molecule has 1 unspecified atom stereocenters. The smallest absolute Gasteiger partial charge is 0.249 e. The highest BCUT2D eigenvalue weighted by Gasteiger charge is 2.25. The van der Waals surface area contributed by atoms with Gasteiger partial charge in [-0.3, -0.25) is 14.7 Å². The maximum Gasteiger partial charge on any atom is 0.249 e. The van der Waals surface area contributed by atoms with Crippen LogP contribution in [0.5, 0.6) is 0 Å². The Labute approximate surface area is 143 Å². The number of nitrogens with zero attached hydrogens (tertiary/aromatic N) is 5. The Morgan fingerprint density at radius 2 is 2.04 bits per heavy atom. The minimum Gasteiger partial charge on any atom is -0.368 e. The Morgan fingerprint density at radius 1 is 1.30 bits per heavy atom. The van der Waals surface area contributed by atoms with Gasteiger partial charge in [0.1, 0.15) is 11.0 Å². The molecule has 1 atom stereocenters. The summed E-state index contributed by atoms with van der Waals surface area (Å²) in [5, 5.41) is 20.9. The summed E-state index contributed by atoms with van der Waals surface area (Å²) in [6.07, 6.45) is 0.571. The number of carbonyl (C=O) groups is 1. The summed E-state index contributed by atoms with van der Waals surface area (Å²) in [5.74, 6) is 1.15. The van der Waals surface area contributed by atoms with Gasteiger partial charge in [-0.25, -0.2) is 0 Å². The molecule has 2 heterocycles. The van der Waals surface area contributed by atoms with Crippen LogP contribution >= 0.6 is 23.1 Å². The Bertz CT molecular complexity index is 667. The second-order valence-corrected chi connectivity index (χ2v) is 7.40. The standard InChI is InChI=1S/C13H21N7OS2/c1-5-8(20-11(14)17-19-13(20)22-6-2)9(21)15-12-18-16-10(23-12)7(3)4/h7-8H,5-6H2,1-4H3,(H2,14,17)(H,15,18,21). The molecule has 23 heavy (non-hydrogen) atoms. The molecule has 8 nitrogen and oxygen atoms in total. The number of carbonyl (C=O) groups excluding carboxylic acids is 1. The highest BCUT2D eigenvalue weighted by atomic mass is 32.2. The predicted octanol–water partition coefficient (Wildman–Crippen LogP) is 2.54. The zero-order chi connectivity index (χ0) is 17.0. The van der Waals surface area contributed by atoms with Gasteiger partial charge in [-0.15, -0.1) is 20.4 Å². The number of thioether (sulfide) groups is 1. The van der Waals surface area contributed by atoms with E-state index in [1.807, 2.05) is 27.7 Å². The quantitative estimate of drug-likeness (QED) is 0.734. The van der Waals surface area contributed by atoms with Crippen molar-refractivity contribution >= 4 is 40.1 Å². The van der Waals surface area contributed by atoms with E-state index in [1.54, 1.807) is 4.57 Å². The molecule has 0 bridgehead atoms. The van der Waals surface area contributed by atoms with Crippen molar-refractivity contribution in [2.75, 3.05) is 16.8 Å². The Kier molecular flexibility index (Phi) is 5.94. The molecule has 0 radical (unpaired) electrons. The molecule has 2 aromatic heterocycles. The van der Waals surface area contributed by atoms with Gasteiger partial charge < -0.3 is 5.73 Å². The van der Waals surface area contributed by atoms with Crippen LogP contribution < -0.4 is 11.1 Å². The van der Waals surface area contributed by atoms with E-state index in [1.165, 1.54) is 23.1 Å². The molecule has 0 aromatic carbocycles. The average molecular weight is 355 g/mol. The van der Waals surface area contributed by atoms with Crippen molar-refractivity contribution in [1.29, 1.82) is 0 Å². The summed E-state index contributed by atoms with van der Waals surface area (Å²) in [7, 11) is 0. The fraction of sp³-hybridized carbons (Fsp3) is 0.615. The van der Waals surface area contributed by atoms with E-state index in [2.05, 4.69) is 25.7 Å². The second-order valence-electron chi connectivity index (χ2n) is 5.16. The fourth-order valence-corrected chi connectivity index (χ4v) is 3.47. The van der Waals surface area contributed by atoms with Gasteiger partial charge in [0.15, 0.2) is 5.16 Å². The molecule has 2 rings (SSSR count). The van der Waals surface area contributed by atoms with Crippen LogP contribution in [0, 0.1) is 0 Å². The topological polar surface area (TPSA) is 112 Å². The predicted molar refractivity (Wildman–Crippen MR) is 92.8 cm³/mol. The van der Waals surface area contributed by atoms with Crippen LogP contribution in [0.25, 0.3) is 0 Å². The Morgan fingerprint density at radius 3 is 2.61 bits per heavy atom. The van der Waals surface area contributed by atoms with Crippen LogP contribution in [-0.2, 0) is 4.79 Å². The number of nitrogen functional groups attached to an aromatic ring is 1. The van der Waals surface area contributed by atoms with E-state index in [9.17, 15) is 4.79 Å². The Balaban J connectivity index is 2.19. The van der Waals surface area contributed by atoms with E-state index in [4.69, 9.17) is 5.73 Å². The number of nitrogens with two attached hydrogens (primary N) is 1. The molecule has 0 saturated heterocycles. The van der Waals surface area contributed by atoms with Gasteiger partial charge in [0, 0.05) is 5.92 Å². The van der Waals surface area contributed by atoms with Gasteiger partial charge in [-0.2, -0.15) is 0 Å². The Hall–Kier alpha value is -1.68. The largest absolute Gasteiger partial charge is 0.368 e. The minimum absolute atomic E-state index is 0.191. The maximum absolute atomic E-state index is 12.6. The summed E-state index contributed by atoms with van der Waals surface area (Å²) in [6, 6.07) is -0.481. The molecule has 0 aliphatic rings. The molecule has 2 aromatic rings. The second kappa shape index (κ2) is 7.73. The summed E-state index contributed by atoms with van der Waals surface area (Å²) in [6.45, 7) is 8.00. The lowest BCUT2D eigenvalue weighted by Gasteiger charge is -2.17. The van der Waals surface area contributed by atoms with Crippen LogP contribution in [-0.4, -0.2) is 36.6 Å². The molecular formula is C13H21N7OS2. The highest BCUT2D eigenvalue weighted by molar-refractivity contribution is 7.99. The van der Waals surface area contributed by atoms with E-state index < -0.39 is 6.04 Å². The SMILES string of the molecule is CCSc1nnc(N)n1C(CC)C(=O)Nc1nnc(C(C)C)s1. The van der Waals surface area contributed by atoms with Crippen LogP contribution in [0.1, 0.15) is 51.1 Å². The number of hydrogen-bond acceptors (Lipinski definition) is 8. The highest BCUT2D eigenvalue weighted by Crippen LogP contribution is 2.27. The molecule has 0 saturated carbocycles. The first-order valence-corrected chi connectivity index (χ1v) is 9.25. The molecule has 1 amide bonds. The van der Waals surface area contributed by atoms with E-state index >= 15 is 0 Å². The summed E-state index contributed by atoms with van der Waals surface area (Å²) in [5.41, 5.74) is 5.89. The summed E-state index contributed by atoms with van der Waals surface area (Å²) in [4.78, 5) is 12.6. The minimum atomic E-state index is -0.481. The third-order valence-electron chi connectivity index (χ3n) is 3.13. The summed E-state index contributed by atoms with van der Waals surface area (Å²) < 4.78 is 1.67. The van der Waals surface area contributed by atoms with Gasteiger partial charge in [-0.05, 0) is 12.2 Å². The van der Waals surface area contributed by atoms with Crippen LogP contribution in [0.15, 0.2) is 5.16 Å². The number of aromatic nitrogens is 5. The third-order valence-corrected chi connectivity index (χ3v) is 5.09. The van der Waals surface area contributed by atoms with E-state index in [0.717, 1.165) is 10.8 Å². The fourth-order valence-electron chi connectivity index (χ4n) is 2.00. The van der Waals surface area contributed by atoms with Crippen LogP contribution in [0.4, 0.5) is 11.1 Å². The molecule has 0 aliphatic heterocycles. The first-order valence-electron chi connectivity index (χ1n) is 7.45. The summed E-state index contributed by atoms with van der Waals surface area (Å²) >= 11 is 2.88. The normalized spacial score (nSPS) is 12.6. The van der Waals surface area contributed by atoms with Gasteiger partial charge in [0.25, 0.3) is 0 Å². The van der Waals surface area contributed by atoms with Crippen molar-refractivity contribution in [3.63, 3.8) is 0 Å². The number of amides is 1. The first-order chi connectivity index (χ1) is 11.0. The molecular weight excluding hydrogens is 334 g/mol. The number of anilines is 2. The lowest BCUT2D eigenvalue weighted by molar-refractivity contribution is -0.119. The monoisotopic (exact) mass is 355 g/mol. The van der Waals surface area contributed by atoms with Crippen molar-refractivity contribution in [3.05, 3.63) is 5.01 Å². The van der Waals surface area contributed by atoms with Crippen LogP contribution in [0.2, 0.25) is 0 Å². The lowest BCUT2D eigenvalue weighted by atomic mass is 10.2. The first kappa shape index (κ1) is 17.7. The lowest BCUT2D eigenvalue weighted by Crippen LogP contribution is -2.27. The van der Waals surface area contributed by atoms with E-state index in [-0.39, 0.29) is 17.8 Å². The van der Waals surface area contributed by atoms with Crippen molar-refractivity contribution in [1.82, 2.24) is 25.0 Å². The maximum atomic E-state index is 12.6. The zero-order valence-electron chi connectivity index (χ0n) is 13.6.